The summed E-state index contributed by atoms with van der Waals surface area (Å²) < 4.78 is 21.4. The van der Waals surface area contributed by atoms with Gasteiger partial charge in [-0.1, -0.05) is 12.1 Å². The molecule has 0 heterocycles. The Morgan fingerprint density at radius 2 is 1.70 bits per heavy atom. The van der Waals surface area contributed by atoms with Crippen LogP contribution in [0.3, 0.4) is 0 Å². The Morgan fingerprint density at radius 3 is 2.45 bits per heavy atom. The molecule has 0 spiro atoms. The summed E-state index contributed by atoms with van der Waals surface area (Å²) in [7, 11) is 0. The van der Waals surface area contributed by atoms with Gasteiger partial charge < -0.3 is 24.1 Å². The van der Waals surface area contributed by atoms with Gasteiger partial charge in [0.15, 0.2) is 0 Å². The first-order chi connectivity index (χ1) is 9.86. The van der Waals surface area contributed by atoms with Gasteiger partial charge in [-0.2, -0.15) is 0 Å². The number of aliphatic hydroxyl groups excluding tert-OH is 1. The van der Waals surface area contributed by atoms with E-state index in [1.807, 2.05) is 31.2 Å². The number of rotatable bonds is 12. The molecule has 114 valence electrons. The van der Waals surface area contributed by atoms with E-state index in [4.69, 9.17) is 24.1 Å². The van der Waals surface area contributed by atoms with Gasteiger partial charge in [-0.25, -0.2) is 0 Å². The minimum Gasteiger partial charge on any atom is -0.491 e. The van der Waals surface area contributed by atoms with Crippen molar-refractivity contribution >= 4 is 0 Å². The predicted molar refractivity (Wildman–Crippen MR) is 76.0 cm³/mol. The first-order valence-corrected chi connectivity index (χ1v) is 6.92. The zero-order chi connectivity index (χ0) is 14.5. The second-order valence-electron chi connectivity index (χ2n) is 4.08. The van der Waals surface area contributed by atoms with E-state index in [2.05, 4.69) is 0 Å². The summed E-state index contributed by atoms with van der Waals surface area (Å²) in [6.45, 7) is 5.69. The Balaban J connectivity index is 2.09. The minimum absolute atomic E-state index is 0.0429. The van der Waals surface area contributed by atoms with E-state index >= 15 is 0 Å². The zero-order valence-corrected chi connectivity index (χ0v) is 12.0. The first-order valence-electron chi connectivity index (χ1n) is 6.92. The van der Waals surface area contributed by atoms with Crippen molar-refractivity contribution in [3.8, 4) is 5.75 Å². The average molecular weight is 284 g/mol. The van der Waals surface area contributed by atoms with Crippen molar-refractivity contribution in [1.82, 2.24) is 0 Å². The lowest BCUT2D eigenvalue weighted by molar-refractivity contribution is 0.0247. The van der Waals surface area contributed by atoms with Crippen LogP contribution in [0.15, 0.2) is 24.3 Å². The van der Waals surface area contributed by atoms with Crippen LogP contribution in [-0.4, -0.2) is 51.4 Å². The molecule has 5 nitrogen and oxygen atoms in total. The number of hydrogen-bond acceptors (Lipinski definition) is 5. The van der Waals surface area contributed by atoms with Crippen LogP contribution in [0.25, 0.3) is 0 Å². The molecule has 0 amide bonds. The van der Waals surface area contributed by atoms with Gasteiger partial charge in [-0.3, -0.25) is 0 Å². The van der Waals surface area contributed by atoms with E-state index in [1.54, 1.807) is 0 Å². The zero-order valence-electron chi connectivity index (χ0n) is 12.0. The van der Waals surface area contributed by atoms with Crippen molar-refractivity contribution in [3.63, 3.8) is 0 Å². The summed E-state index contributed by atoms with van der Waals surface area (Å²) >= 11 is 0. The van der Waals surface area contributed by atoms with Crippen LogP contribution in [-0.2, 0) is 20.8 Å². The molecule has 0 atom stereocenters. The molecule has 5 heteroatoms. The molecular weight excluding hydrogens is 260 g/mol. The molecule has 0 fully saturated rings. The van der Waals surface area contributed by atoms with Crippen LogP contribution < -0.4 is 4.74 Å². The van der Waals surface area contributed by atoms with Gasteiger partial charge >= 0.3 is 0 Å². The molecule has 20 heavy (non-hydrogen) atoms. The van der Waals surface area contributed by atoms with Gasteiger partial charge in [0.25, 0.3) is 0 Å². The fourth-order valence-corrected chi connectivity index (χ4v) is 1.55. The average Bonchev–Trinajstić information content (AvgIpc) is 2.48. The van der Waals surface area contributed by atoms with Crippen LogP contribution in [0, 0.1) is 0 Å². The van der Waals surface area contributed by atoms with Crippen LogP contribution in [0.4, 0.5) is 0 Å². The molecule has 1 N–H and O–H groups in total. The second-order valence-corrected chi connectivity index (χ2v) is 4.08. The standard InChI is InChI=1S/C15H24O5/c1-2-17-13-14-4-3-5-15(12-14)20-11-10-19-9-8-18-7-6-16/h3-5,12,16H,2,6-11,13H2,1H3. The minimum atomic E-state index is 0.0429. The molecule has 0 saturated heterocycles. The Labute approximate surface area is 120 Å². The molecule has 1 aromatic rings. The van der Waals surface area contributed by atoms with E-state index in [9.17, 15) is 0 Å². The van der Waals surface area contributed by atoms with E-state index in [0.29, 0.717) is 46.2 Å². The summed E-state index contributed by atoms with van der Waals surface area (Å²) in [6.07, 6.45) is 0. The molecular formula is C15H24O5. The summed E-state index contributed by atoms with van der Waals surface area (Å²) in [4.78, 5) is 0. The topological polar surface area (TPSA) is 57.2 Å². The quantitative estimate of drug-likeness (QED) is 0.591. The van der Waals surface area contributed by atoms with Crippen molar-refractivity contribution in [2.45, 2.75) is 13.5 Å². The molecule has 0 radical (unpaired) electrons. The predicted octanol–water partition coefficient (Wildman–Crippen LogP) is 1.63. The van der Waals surface area contributed by atoms with Crippen molar-refractivity contribution in [2.75, 3.05) is 46.2 Å². The SMILES string of the molecule is CCOCc1cccc(OCCOCCOCCO)c1. The number of benzene rings is 1. The van der Waals surface area contributed by atoms with Crippen LogP contribution in [0.1, 0.15) is 12.5 Å². The Morgan fingerprint density at radius 1 is 0.950 bits per heavy atom. The van der Waals surface area contributed by atoms with E-state index in [-0.39, 0.29) is 6.61 Å². The normalized spacial score (nSPS) is 10.7. The highest BCUT2D eigenvalue weighted by atomic mass is 16.5. The van der Waals surface area contributed by atoms with Crippen LogP contribution in [0.2, 0.25) is 0 Å². The lowest BCUT2D eigenvalue weighted by Gasteiger charge is -2.09. The maximum atomic E-state index is 8.51. The van der Waals surface area contributed by atoms with Crippen LogP contribution >= 0.6 is 0 Å². The number of hydrogen-bond donors (Lipinski definition) is 1. The van der Waals surface area contributed by atoms with Crippen molar-refractivity contribution in [3.05, 3.63) is 29.8 Å². The Hall–Kier alpha value is -1.14. The molecule has 0 unspecified atom stereocenters. The van der Waals surface area contributed by atoms with Crippen molar-refractivity contribution < 1.29 is 24.1 Å². The Kier molecular flexibility index (Phi) is 9.87. The van der Waals surface area contributed by atoms with Gasteiger partial charge in [0.05, 0.1) is 39.6 Å². The third-order valence-corrected chi connectivity index (χ3v) is 2.48. The smallest absolute Gasteiger partial charge is 0.119 e. The summed E-state index contributed by atoms with van der Waals surface area (Å²) in [5.74, 6) is 0.822. The summed E-state index contributed by atoms with van der Waals surface area (Å²) in [5.41, 5.74) is 1.10. The fraction of sp³-hybridized carbons (Fsp3) is 0.600. The van der Waals surface area contributed by atoms with E-state index < -0.39 is 0 Å². The molecule has 1 rings (SSSR count). The maximum Gasteiger partial charge on any atom is 0.119 e. The lowest BCUT2D eigenvalue weighted by atomic mass is 10.2. The molecule has 0 aliphatic heterocycles. The van der Waals surface area contributed by atoms with Gasteiger partial charge in [-0.15, -0.1) is 0 Å². The van der Waals surface area contributed by atoms with E-state index in [1.165, 1.54) is 0 Å². The van der Waals surface area contributed by atoms with Crippen molar-refractivity contribution in [2.24, 2.45) is 0 Å². The summed E-state index contributed by atoms with van der Waals surface area (Å²) in [5, 5.41) is 8.51. The molecule has 1 aromatic carbocycles. The third kappa shape index (κ3) is 8.12. The molecule has 0 aliphatic carbocycles. The first kappa shape index (κ1) is 16.9. The van der Waals surface area contributed by atoms with Gasteiger partial charge in [-0.05, 0) is 24.6 Å². The highest BCUT2D eigenvalue weighted by Crippen LogP contribution is 2.13. The summed E-state index contributed by atoms with van der Waals surface area (Å²) in [6, 6.07) is 7.85. The molecule has 0 aliphatic rings. The van der Waals surface area contributed by atoms with Gasteiger partial charge in [0, 0.05) is 6.61 Å². The highest BCUT2D eigenvalue weighted by Gasteiger charge is 1.97. The van der Waals surface area contributed by atoms with Gasteiger partial charge in [0.1, 0.15) is 12.4 Å². The van der Waals surface area contributed by atoms with Crippen molar-refractivity contribution in [1.29, 1.82) is 0 Å². The molecule has 0 aromatic heterocycles. The second kappa shape index (κ2) is 11.7. The van der Waals surface area contributed by atoms with E-state index in [0.717, 1.165) is 11.3 Å². The maximum absolute atomic E-state index is 8.51. The lowest BCUT2D eigenvalue weighted by Crippen LogP contribution is -2.12. The third-order valence-electron chi connectivity index (χ3n) is 2.48. The van der Waals surface area contributed by atoms with Gasteiger partial charge in [0.2, 0.25) is 0 Å². The Bertz CT molecular complexity index is 343. The molecule has 0 bridgehead atoms. The monoisotopic (exact) mass is 284 g/mol. The number of aliphatic hydroxyl groups is 1. The van der Waals surface area contributed by atoms with Crippen LogP contribution in [0.5, 0.6) is 5.75 Å². The molecule has 0 saturated carbocycles. The highest BCUT2D eigenvalue weighted by molar-refractivity contribution is 5.28. The largest absolute Gasteiger partial charge is 0.491 e. The fourth-order valence-electron chi connectivity index (χ4n) is 1.55. The number of ether oxygens (including phenoxy) is 4.